The quantitative estimate of drug-likeness (QED) is 0.129. The normalized spacial score (nSPS) is 11.9. The molecule has 0 saturated heterocycles. The maximum Gasteiger partial charge on any atom is 0.189 e. The van der Waals surface area contributed by atoms with Gasteiger partial charge in [-0.25, -0.2) is 9.69 Å². The van der Waals surface area contributed by atoms with E-state index in [9.17, 15) is 10.5 Å². The van der Waals surface area contributed by atoms with Crippen LogP contribution in [0.25, 0.3) is 152 Å². The second kappa shape index (κ2) is 13.0. The molecular weight excluding hydrogens is 801 g/mol. The molecule has 0 aliphatic heterocycles. The standard InChI is InChI=1S/C62H28N4/c1-65-39-23-33(31-63)21-37(25-39)57-48-19-17-43-44(52(48)30-55-53-27-35-9-3-5-11-41(35)46-14-8-16-50(60(46)53)61(55)57)18-20-49-51(43)29-54-47-15-7-13-45-42-12-6-4-10-36(42)28-56(59(45)47)62(54)58(49)38-22-34(32-64)24-40(26-38)66-2/h3-30H. The molecule has 0 bridgehead atoms. The van der Waals surface area contributed by atoms with Crippen LogP contribution < -0.4 is 0 Å². The molecule has 0 aromatic heterocycles. The van der Waals surface area contributed by atoms with Gasteiger partial charge in [-0.1, -0.05) is 109 Å². The first kappa shape index (κ1) is 36.0. The van der Waals surface area contributed by atoms with E-state index < -0.39 is 0 Å². The van der Waals surface area contributed by atoms with Crippen LogP contribution in [-0.2, 0) is 0 Å². The van der Waals surface area contributed by atoms with E-state index >= 15 is 0 Å². The van der Waals surface area contributed by atoms with Crippen LogP contribution in [0, 0.1) is 35.8 Å². The van der Waals surface area contributed by atoms with Crippen molar-refractivity contribution in [2.75, 3.05) is 0 Å². The van der Waals surface area contributed by atoms with Gasteiger partial charge in [-0.15, -0.1) is 0 Å². The molecule has 4 heteroatoms. The highest BCUT2D eigenvalue weighted by Crippen LogP contribution is 2.58. The van der Waals surface area contributed by atoms with Crippen molar-refractivity contribution >= 4 is 86.8 Å². The maximum absolute atomic E-state index is 10.3. The third-order valence-corrected chi connectivity index (χ3v) is 14.3. The third kappa shape index (κ3) is 4.67. The molecule has 2 aliphatic rings. The lowest BCUT2D eigenvalue weighted by Gasteiger charge is -2.20. The molecule has 66 heavy (non-hydrogen) atoms. The molecule has 12 aromatic carbocycles. The first-order chi connectivity index (χ1) is 32.5. The van der Waals surface area contributed by atoms with Gasteiger partial charge in [0.15, 0.2) is 11.4 Å². The van der Waals surface area contributed by atoms with Crippen LogP contribution in [0.1, 0.15) is 11.1 Å². The number of benzene rings is 12. The van der Waals surface area contributed by atoms with E-state index in [0.717, 1.165) is 98.9 Å². The topological polar surface area (TPSA) is 56.3 Å². The molecule has 0 spiro atoms. The minimum Gasteiger partial charge on any atom is -0.238 e. The molecule has 296 valence electrons. The van der Waals surface area contributed by atoms with Gasteiger partial charge in [0.25, 0.3) is 0 Å². The van der Waals surface area contributed by atoms with Gasteiger partial charge < -0.3 is 0 Å². The molecule has 0 unspecified atom stereocenters. The number of hydrogen-bond acceptors (Lipinski definition) is 2. The Hall–Kier alpha value is -9.58. The van der Waals surface area contributed by atoms with Crippen LogP contribution in [0.2, 0.25) is 0 Å². The van der Waals surface area contributed by atoms with Gasteiger partial charge in [-0.05, 0) is 203 Å². The summed E-state index contributed by atoms with van der Waals surface area (Å²) in [4.78, 5) is 7.67. The molecule has 4 nitrogen and oxygen atoms in total. The van der Waals surface area contributed by atoms with Crippen molar-refractivity contribution in [3.8, 4) is 78.9 Å². The Morgan fingerprint density at radius 2 is 0.773 bits per heavy atom. The second-order valence-corrected chi connectivity index (χ2v) is 17.5. The first-order valence-electron chi connectivity index (χ1n) is 21.8. The number of fused-ring (bicyclic) bond motifs is 15. The smallest absolute Gasteiger partial charge is 0.189 e. The Kier molecular flexibility index (Phi) is 7.08. The van der Waals surface area contributed by atoms with Crippen LogP contribution in [0.15, 0.2) is 170 Å². The molecule has 0 radical (unpaired) electrons. The zero-order chi connectivity index (χ0) is 43.9. The van der Waals surface area contributed by atoms with Gasteiger partial charge in [-0.3, -0.25) is 0 Å². The molecule has 0 heterocycles. The highest BCUT2D eigenvalue weighted by molar-refractivity contribution is 6.33. The van der Waals surface area contributed by atoms with E-state index in [-0.39, 0.29) is 0 Å². The lowest BCUT2D eigenvalue weighted by molar-refractivity contribution is 1.49. The fourth-order valence-electron chi connectivity index (χ4n) is 11.7. The zero-order valence-corrected chi connectivity index (χ0v) is 35.0. The van der Waals surface area contributed by atoms with Crippen molar-refractivity contribution in [2.24, 2.45) is 0 Å². The minimum absolute atomic E-state index is 0.424. The summed E-state index contributed by atoms with van der Waals surface area (Å²) in [7, 11) is 0. The summed E-state index contributed by atoms with van der Waals surface area (Å²) in [6.07, 6.45) is 0. The second-order valence-electron chi connectivity index (χ2n) is 17.5. The van der Waals surface area contributed by atoms with Gasteiger partial charge in [0, 0.05) is 11.1 Å². The lowest BCUT2D eigenvalue weighted by atomic mass is 9.83. The highest BCUT2D eigenvalue weighted by atomic mass is 14.6. The van der Waals surface area contributed by atoms with Crippen LogP contribution in [0.4, 0.5) is 11.4 Å². The SMILES string of the molecule is [C-]#[N+]c1cc(C#N)cc(-c2c3c(cc4c2ccc2c5cc6c(c(-c7cc(C#N)cc([N+]#[C-])c7)c5ccc42)-c2cc4ccccc4c4cccc-6c24)-c2cc4ccccc4c4cccc-3c24)c1. The summed E-state index contributed by atoms with van der Waals surface area (Å²) in [6, 6.07) is 64.3. The zero-order valence-electron chi connectivity index (χ0n) is 35.0. The Bertz CT molecular complexity index is 4440. The van der Waals surface area contributed by atoms with E-state index in [1.807, 2.05) is 24.3 Å². The maximum atomic E-state index is 10.3. The summed E-state index contributed by atoms with van der Waals surface area (Å²) in [5, 5.41) is 36.4. The average molecular weight is 829 g/mol. The third-order valence-electron chi connectivity index (χ3n) is 14.3. The van der Waals surface area contributed by atoms with Crippen LogP contribution in [0.5, 0.6) is 0 Å². The first-order valence-corrected chi connectivity index (χ1v) is 21.8. The fraction of sp³-hybridized carbons (Fsp3) is 0. The molecule has 0 saturated carbocycles. The van der Waals surface area contributed by atoms with E-state index in [1.54, 1.807) is 12.1 Å². The van der Waals surface area contributed by atoms with E-state index in [1.165, 1.54) is 43.3 Å². The van der Waals surface area contributed by atoms with Crippen LogP contribution >= 0.6 is 0 Å². The van der Waals surface area contributed by atoms with Crippen molar-refractivity contribution in [2.45, 2.75) is 0 Å². The summed E-state index contributed by atoms with van der Waals surface area (Å²) < 4.78 is 0. The van der Waals surface area contributed by atoms with Gasteiger partial charge in [0.05, 0.1) is 25.3 Å². The number of nitrogens with zero attached hydrogens (tertiary/aromatic N) is 4. The number of nitriles is 2. The van der Waals surface area contributed by atoms with Gasteiger partial charge in [-0.2, -0.15) is 10.5 Å². The van der Waals surface area contributed by atoms with Crippen molar-refractivity contribution < 1.29 is 0 Å². The van der Waals surface area contributed by atoms with Crippen molar-refractivity contribution in [1.29, 1.82) is 10.5 Å². The van der Waals surface area contributed by atoms with Gasteiger partial charge >= 0.3 is 0 Å². The molecule has 0 amide bonds. The van der Waals surface area contributed by atoms with Gasteiger partial charge in [0.1, 0.15) is 0 Å². The molecule has 14 rings (SSSR count). The Labute approximate surface area is 378 Å². The number of rotatable bonds is 2. The Balaban J connectivity index is 1.15. The average Bonchev–Trinajstić information content (AvgIpc) is 3.86. The Morgan fingerprint density at radius 1 is 0.318 bits per heavy atom. The monoisotopic (exact) mass is 828 g/mol. The lowest BCUT2D eigenvalue weighted by Crippen LogP contribution is -1.93. The Morgan fingerprint density at radius 3 is 1.32 bits per heavy atom. The van der Waals surface area contributed by atoms with E-state index in [0.29, 0.717) is 22.5 Å². The molecule has 0 N–H and O–H groups in total. The molecule has 12 aromatic rings. The predicted octanol–water partition coefficient (Wildman–Crippen LogP) is 17.2. The summed E-state index contributed by atoms with van der Waals surface area (Å²) in [5.41, 5.74) is 14.5. The predicted molar refractivity (Wildman–Crippen MR) is 271 cm³/mol. The summed E-state index contributed by atoms with van der Waals surface area (Å²) >= 11 is 0. The van der Waals surface area contributed by atoms with Crippen molar-refractivity contribution in [1.82, 2.24) is 0 Å². The van der Waals surface area contributed by atoms with Crippen LogP contribution in [0.3, 0.4) is 0 Å². The summed E-state index contributed by atoms with van der Waals surface area (Å²) in [5.74, 6) is 0. The van der Waals surface area contributed by atoms with E-state index in [4.69, 9.17) is 13.1 Å². The van der Waals surface area contributed by atoms with Gasteiger partial charge in [0.2, 0.25) is 0 Å². The van der Waals surface area contributed by atoms with E-state index in [2.05, 4.69) is 155 Å². The number of hydrogen-bond donors (Lipinski definition) is 0. The molecule has 0 atom stereocenters. The van der Waals surface area contributed by atoms with Crippen molar-refractivity contribution in [3.05, 3.63) is 204 Å². The highest BCUT2D eigenvalue weighted by Gasteiger charge is 2.31. The summed E-state index contributed by atoms with van der Waals surface area (Å²) in [6.45, 7) is 16.1. The fourth-order valence-corrected chi connectivity index (χ4v) is 11.7. The largest absolute Gasteiger partial charge is 0.238 e. The molecular formula is C62H28N4. The molecule has 0 fully saturated rings. The minimum atomic E-state index is 0.424. The molecule has 2 aliphatic carbocycles. The van der Waals surface area contributed by atoms with Crippen molar-refractivity contribution in [3.63, 3.8) is 0 Å². The van der Waals surface area contributed by atoms with Crippen LogP contribution in [-0.4, -0.2) is 0 Å².